The van der Waals surface area contributed by atoms with E-state index in [9.17, 15) is 4.79 Å². The lowest BCUT2D eigenvalue weighted by molar-refractivity contribution is -0.128. The van der Waals surface area contributed by atoms with Crippen molar-refractivity contribution in [3.63, 3.8) is 0 Å². The average molecular weight is 268 g/mol. The van der Waals surface area contributed by atoms with Gasteiger partial charge in [-0.3, -0.25) is 9.79 Å². The number of carbonyl (C=O) groups excluding carboxylic acids is 1. The Balaban J connectivity index is 2.20. The van der Waals surface area contributed by atoms with Gasteiger partial charge in [0.2, 0.25) is 5.91 Å². The van der Waals surface area contributed by atoms with Crippen molar-refractivity contribution in [3.05, 3.63) is 0 Å². The zero-order chi connectivity index (χ0) is 14.3. The van der Waals surface area contributed by atoms with Crippen molar-refractivity contribution >= 4 is 11.9 Å². The topological polar surface area (TPSA) is 65.5 Å². The van der Waals surface area contributed by atoms with Crippen LogP contribution in [-0.4, -0.2) is 38.0 Å². The molecule has 5 nitrogen and oxygen atoms in total. The minimum atomic E-state index is -0.329. The molecule has 0 heterocycles. The van der Waals surface area contributed by atoms with Gasteiger partial charge in [-0.15, -0.1) is 0 Å². The molecule has 1 aliphatic rings. The summed E-state index contributed by atoms with van der Waals surface area (Å²) < 4.78 is 0. The summed E-state index contributed by atoms with van der Waals surface area (Å²) in [5.41, 5.74) is -0.329. The molecule has 0 radical (unpaired) electrons. The van der Waals surface area contributed by atoms with Crippen LogP contribution in [0, 0.1) is 11.3 Å². The van der Waals surface area contributed by atoms with Crippen molar-refractivity contribution < 1.29 is 4.79 Å². The van der Waals surface area contributed by atoms with Crippen LogP contribution in [0.2, 0.25) is 0 Å². The fourth-order valence-corrected chi connectivity index (χ4v) is 1.48. The summed E-state index contributed by atoms with van der Waals surface area (Å²) in [5, 5.41) is 9.36. The van der Waals surface area contributed by atoms with Crippen LogP contribution in [-0.2, 0) is 4.79 Å². The number of nitrogens with one attached hydrogen (secondary N) is 3. The van der Waals surface area contributed by atoms with E-state index in [1.165, 1.54) is 12.8 Å². The molecule has 0 unspecified atom stereocenters. The van der Waals surface area contributed by atoms with E-state index in [1.54, 1.807) is 0 Å². The molecule has 3 N–H and O–H groups in total. The number of guanidine groups is 1. The summed E-state index contributed by atoms with van der Waals surface area (Å²) in [4.78, 5) is 16.2. The quantitative estimate of drug-likeness (QED) is 0.384. The summed E-state index contributed by atoms with van der Waals surface area (Å²) in [6.45, 7) is 10.9. The Labute approximate surface area is 116 Å². The highest BCUT2D eigenvalue weighted by Gasteiger charge is 2.21. The maximum absolute atomic E-state index is 11.7. The third-order valence-corrected chi connectivity index (χ3v) is 2.93. The lowest BCUT2D eigenvalue weighted by atomic mass is 9.96. The van der Waals surface area contributed by atoms with Gasteiger partial charge in [0.1, 0.15) is 0 Å². The number of hydrogen-bond acceptors (Lipinski definition) is 2. The lowest BCUT2D eigenvalue weighted by Crippen LogP contribution is -2.43. The maximum atomic E-state index is 11.7. The van der Waals surface area contributed by atoms with E-state index in [1.807, 2.05) is 20.8 Å². The van der Waals surface area contributed by atoms with Gasteiger partial charge >= 0.3 is 0 Å². The number of carbonyl (C=O) groups is 1. The van der Waals surface area contributed by atoms with Crippen molar-refractivity contribution in [3.8, 4) is 0 Å². The van der Waals surface area contributed by atoms with Crippen LogP contribution in [0.3, 0.4) is 0 Å². The molecule has 0 aromatic rings. The van der Waals surface area contributed by atoms with Crippen molar-refractivity contribution in [1.82, 2.24) is 16.0 Å². The molecule has 1 saturated carbocycles. The van der Waals surface area contributed by atoms with Gasteiger partial charge in [0.15, 0.2) is 5.96 Å². The molecule has 110 valence electrons. The average Bonchev–Trinajstić information content (AvgIpc) is 3.13. The first kappa shape index (κ1) is 15.8. The first-order chi connectivity index (χ1) is 8.93. The molecule has 0 aromatic carbocycles. The summed E-state index contributed by atoms with van der Waals surface area (Å²) in [6.07, 6.45) is 2.62. The van der Waals surface area contributed by atoms with E-state index in [0.717, 1.165) is 25.0 Å². The van der Waals surface area contributed by atoms with E-state index in [0.29, 0.717) is 13.1 Å². The summed E-state index contributed by atoms with van der Waals surface area (Å²) >= 11 is 0. The van der Waals surface area contributed by atoms with Gasteiger partial charge in [-0.1, -0.05) is 20.8 Å². The second kappa shape index (κ2) is 7.36. The van der Waals surface area contributed by atoms with E-state index < -0.39 is 0 Å². The van der Waals surface area contributed by atoms with Crippen LogP contribution in [0.4, 0.5) is 0 Å². The van der Waals surface area contributed by atoms with Gasteiger partial charge in [0.25, 0.3) is 0 Å². The molecular weight excluding hydrogens is 240 g/mol. The van der Waals surface area contributed by atoms with Gasteiger partial charge in [0, 0.05) is 31.6 Å². The zero-order valence-corrected chi connectivity index (χ0v) is 12.7. The Morgan fingerprint density at radius 1 is 1.16 bits per heavy atom. The summed E-state index contributed by atoms with van der Waals surface area (Å²) in [5.74, 6) is 1.71. The normalized spacial score (nSPS) is 16.1. The number of aliphatic imine (C=N–C) groups is 1. The molecule has 1 amide bonds. The molecule has 1 rings (SSSR count). The molecule has 0 atom stereocenters. The lowest BCUT2D eigenvalue weighted by Gasteiger charge is -2.18. The second-order valence-corrected chi connectivity index (χ2v) is 6.10. The fraction of sp³-hybridized carbons (Fsp3) is 0.857. The molecule has 0 aromatic heterocycles. The van der Waals surface area contributed by atoms with E-state index in [4.69, 9.17) is 0 Å². The summed E-state index contributed by atoms with van der Waals surface area (Å²) in [6, 6.07) is 0. The van der Waals surface area contributed by atoms with Crippen LogP contribution in [0.1, 0.15) is 40.5 Å². The van der Waals surface area contributed by atoms with Gasteiger partial charge in [-0.25, -0.2) is 0 Å². The third kappa shape index (κ3) is 7.03. The van der Waals surface area contributed by atoms with E-state index in [2.05, 4.69) is 27.9 Å². The first-order valence-electron chi connectivity index (χ1n) is 7.24. The van der Waals surface area contributed by atoms with Crippen molar-refractivity contribution in [2.75, 3.05) is 26.2 Å². The maximum Gasteiger partial charge on any atom is 0.225 e. The Bertz CT molecular complexity index is 316. The highest BCUT2D eigenvalue weighted by molar-refractivity contribution is 5.81. The highest BCUT2D eigenvalue weighted by Crippen LogP contribution is 2.28. The molecule has 19 heavy (non-hydrogen) atoms. The van der Waals surface area contributed by atoms with Crippen molar-refractivity contribution in [2.24, 2.45) is 16.3 Å². The van der Waals surface area contributed by atoms with Crippen LogP contribution in [0.25, 0.3) is 0 Å². The Morgan fingerprint density at radius 3 is 2.32 bits per heavy atom. The number of nitrogens with zero attached hydrogens (tertiary/aromatic N) is 1. The van der Waals surface area contributed by atoms with E-state index in [-0.39, 0.29) is 11.3 Å². The molecule has 0 bridgehead atoms. The number of rotatable bonds is 6. The van der Waals surface area contributed by atoms with Crippen LogP contribution in [0.5, 0.6) is 0 Å². The van der Waals surface area contributed by atoms with E-state index >= 15 is 0 Å². The molecule has 0 spiro atoms. The number of amides is 1. The van der Waals surface area contributed by atoms with Crippen LogP contribution >= 0.6 is 0 Å². The highest BCUT2D eigenvalue weighted by atomic mass is 16.2. The van der Waals surface area contributed by atoms with Crippen LogP contribution < -0.4 is 16.0 Å². The van der Waals surface area contributed by atoms with Gasteiger partial charge in [0.05, 0.1) is 0 Å². The smallest absolute Gasteiger partial charge is 0.225 e. The fourth-order valence-electron chi connectivity index (χ4n) is 1.48. The van der Waals surface area contributed by atoms with Gasteiger partial charge in [-0.05, 0) is 25.7 Å². The largest absolute Gasteiger partial charge is 0.357 e. The predicted molar refractivity (Wildman–Crippen MR) is 79.2 cm³/mol. The minimum absolute atomic E-state index is 0.0780. The Hall–Kier alpha value is -1.26. The second-order valence-electron chi connectivity index (χ2n) is 6.10. The van der Waals surface area contributed by atoms with Gasteiger partial charge < -0.3 is 16.0 Å². The number of hydrogen-bond donors (Lipinski definition) is 3. The molecule has 0 saturated heterocycles. The Kier molecular flexibility index (Phi) is 6.12. The zero-order valence-electron chi connectivity index (χ0n) is 12.7. The first-order valence-corrected chi connectivity index (χ1v) is 7.24. The summed E-state index contributed by atoms with van der Waals surface area (Å²) in [7, 11) is 0. The standard InChI is InChI=1S/C14H28N4O/c1-5-15-13(18-10-11-6-7-11)17-9-8-16-12(19)14(2,3)4/h11H,5-10H2,1-4H3,(H,16,19)(H2,15,17,18). The third-order valence-electron chi connectivity index (χ3n) is 2.93. The van der Waals surface area contributed by atoms with Crippen molar-refractivity contribution in [2.45, 2.75) is 40.5 Å². The SMILES string of the molecule is CCNC(=NCC1CC1)NCCNC(=O)C(C)(C)C. The van der Waals surface area contributed by atoms with Crippen molar-refractivity contribution in [1.29, 1.82) is 0 Å². The molecule has 0 aliphatic heterocycles. The predicted octanol–water partition coefficient (Wildman–Crippen LogP) is 1.11. The molecule has 5 heteroatoms. The molecule has 1 fully saturated rings. The van der Waals surface area contributed by atoms with Crippen LogP contribution in [0.15, 0.2) is 4.99 Å². The van der Waals surface area contributed by atoms with Gasteiger partial charge in [-0.2, -0.15) is 0 Å². The molecule has 1 aliphatic carbocycles. The monoisotopic (exact) mass is 268 g/mol. The Morgan fingerprint density at radius 2 is 1.79 bits per heavy atom. The molecular formula is C14H28N4O. The minimum Gasteiger partial charge on any atom is -0.357 e.